The molecule has 1 rings (SSSR count). The molecule has 0 aromatic carbocycles. The van der Waals surface area contributed by atoms with Crippen molar-refractivity contribution in [2.45, 2.75) is 44.8 Å². The average molecular weight is 208 g/mol. The fourth-order valence-electron chi connectivity index (χ4n) is 1.58. The molecule has 0 saturated heterocycles. The Hall–Kier alpha value is -0.930. The summed E-state index contributed by atoms with van der Waals surface area (Å²) in [5.74, 6) is 0. The molecule has 1 heterocycles. The first-order valence-corrected chi connectivity index (χ1v) is 5.57. The van der Waals surface area contributed by atoms with E-state index in [1.54, 1.807) is 6.20 Å². The van der Waals surface area contributed by atoms with Gasteiger partial charge in [-0.1, -0.05) is 19.4 Å². The molecule has 0 spiro atoms. The number of aliphatic hydroxyl groups excluding tert-OH is 1. The van der Waals surface area contributed by atoms with Gasteiger partial charge in [-0.3, -0.25) is 4.98 Å². The molecule has 3 nitrogen and oxygen atoms in total. The Morgan fingerprint density at radius 3 is 2.80 bits per heavy atom. The van der Waals surface area contributed by atoms with Crippen molar-refractivity contribution in [2.24, 2.45) is 5.73 Å². The number of nitrogens with zero attached hydrogens (tertiary/aromatic N) is 1. The smallest absolute Gasteiger partial charge is 0.0694 e. The van der Waals surface area contributed by atoms with E-state index in [1.807, 2.05) is 18.2 Å². The third-order valence-corrected chi connectivity index (χ3v) is 2.54. The lowest BCUT2D eigenvalue weighted by Gasteiger charge is -2.17. The zero-order valence-corrected chi connectivity index (χ0v) is 9.26. The molecule has 3 heteroatoms. The van der Waals surface area contributed by atoms with Crippen molar-refractivity contribution in [3.63, 3.8) is 0 Å². The van der Waals surface area contributed by atoms with E-state index < -0.39 is 6.10 Å². The van der Waals surface area contributed by atoms with Gasteiger partial charge in [0.2, 0.25) is 0 Å². The van der Waals surface area contributed by atoms with Crippen LogP contribution in [0, 0.1) is 0 Å². The summed E-state index contributed by atoms with van der Waals surface area (Å²) in [6.45, 7) is 2.07. The van der Waals surface area contributed by atoms with E-state index in [-0.39, 0.29) is 6.04 Å². The van der Waals surface area contributed by atoms with Crippen molar-refractivity contribution in [3.8, 4) is 0 Å². The second-order valence-electron chi connectivity index (χ2n) is 3.88. The third-order valence-electron chi connectivity index (χ3n) is 2.54. The first-order valence-electron chi connectivity index (χ1n) is 5.57. The van der Waals surface area contributed by atoms with Crippen molar-refractivity contribution in [1.29, 1.82) is 0 Å². The lowest BCUT2D eigenvalue weighted by atomic mass is 10.0. The largest absolute Gasteiger partial charge is 0.392 e. The lowest BCUT2D eigenvalue weighted by molar-refractivity contribution is 0.130. The van der Waals surface area contributed by atoms with Crippen LogP contribution in [0.4, 0.5) is 0 Å². The van der Waals surface area contributed by atoms with Crippen LogP contribution in [0.2, 0.25) is 0 Å². The van der Waals surface area contributed by atoms with E-state index in [9.17, 15) is 5.11 Å². The molecule has 2 unspecified atom stereocenters. The highest BCUT2D eigenvalue weighted by atomic mass is 16.3. The maximum absolute atomic E-state index is 9.76. The van der Waals surface area contributed by atoms with Gasteiger partial charge in [-0.05, 0) is 31.4 Å². The Labute approximate surface area is 91.3 Å². The van der Waals surface area contributed by atoms with Crippen molar-refractivity contribution < 1.29 is 5.11 Å². The molecule has 3 N–H and O–H groups in total. The summed E-state index contributed by atoms with van der Waals surface area (Å²) in [6, 6.07) is 5.72. The van der Waals surface area contributed by atoms with Gasteiger partial charge in [-0.25, -0.2) is 0 Å². The summed E-state index contributed by atoms with van der Waals surface area (Å²) in [6.07, 6.45) is 4.74. The van der Waals surface area contributed by atoms with Gasteiger partial charge in [0.05, 0.1) is 6.10 Å². The van der Waals surface area contributed by atoms with Crippen LogP contribution in [0.3, 0.4) is 0 Å². The number of rotatable bonds is 6. The molecule has 0 aliphatic rings. The van der Waals surface area contributed by atoms with Gasteiger partial charge in [0, 0.05) is 17.9 Å². The fraction of sp³-hybridized carbons (Fsp3) is 0.583. The SMILES string of the molecule is CCCC(N)C(O)CCc1ccccn1. The molecular weight excluding hydrogens is 188 g/mol. The first-order chi connectivity index (χ1) is 7.24. The van der Waals surface area contributed by atoms with Crippen LogP contribution < -0.4 is 5.73 Å². The summed E-state index contributed by atoms with van der Waals surface area (Å²) in [4.78, 5) is 4.20. The maximum Gasteiger partial charge on any atom is 0.0694 e. The van der Waals surface area contributed by atoms with E-state index in [1.165, 1.54) is 0 Å². The van der Waals surface area contributed by atoms with Crippen LogP contribution in [0.15, 0.2) is 24.4 Å². The van der Waals surface area contributed by atoms with Crippen molar-refractivity contribution in [2.75, 3.05) is 0 Å². The topological polar surface area (TPSA) is 59.1 Å². The lowest BCUT2D eigenvalue weighted by Crippen LogP contribution is -2.34. The summed E-state index contributed by atoms with van der Waals surface area (Å²) < 4.78 is 0. The number of pyridine rings is 1. The molecule has 2 atom stereocenters. The minimum absolute atomic E-state index is 0.0984. The Morgan fingerprint density at radius 2 is 2.20 bits per heavy atom. The highest BCUT2D eigenvalue weighted by Gasteiger charge is 2.13. The monoisotopic (exact) mass is 208 g/mol. The second kappa shape index (κ2) is 6.53. The molecule has 0 aliphatic heterocycles. The highest BCUT2D eigenvalue weighted by Crippen LogP contribution is 2.07. The number of aliphatic hydroxyl groups is 1. The fourth-order valence-corrected chi connectivity index (χ4v) is 1.58. The summed E-state index contributed by atoms with van der Waals surface area (Å²) in [7, 11) is 0. The second-order valence-corrected chi connectivity index (χ2v) is 3.88. The van der Waals surface area contributed by atoms with Gasteiger partial charge in [0.1, 0.15) is 0 Å². The Kier molecular flexibility index (Phi) is 5.29. The molecule has 84 valence electrons. The van der Waals surface area contributed by atoms with Crippen LogP contribution in [0.1, 0.15) is 31.9 Å². The van der Waals surface area contributed by atoms with Crippen LogP contribution in [0.5, 0.6) is 0 Å². The van der Waals surface area contributed by atoms with Gasteiger partial charge in [-0.2, -0.15) is 0 Å². The van der Waals surface area contributed by atoms with E-state index in [4.69, 9.17) is 5.73 Å². The Bertz CT molecular complexity index is 264. The van der Waals surface area contributed by atoms with Crippen LogP contribution >= 0.6 is 0 Å². The average Bonchev–Trinajstić information content (AvgIpc) is 2.27. The van der Waals surface area contributed by atoms with E-state index >= 15 is 0 Å². The van der Waals surface area contributed by atoms with E-state index in [2.05, 4.69) is 11.9 Å². The number of aromatic nitrogens is 1. The van der Waals surface area contributed by atoms with Gasteiger partial charge < -0.3 is 10.8 Å². The van der Waals surface area contributed by atoms with E-state index in [0.29, 0.717) is 6.42 Å². The van der Waals surface area contributed by atoms with E-state index in [0.717, 1.165) is 25.0 Å². The minimum atomic E-state index is -0.410. The summed E-state index contributed by atoms with van der Waals surface area (Å²) >= 11 is 0. The van der Waals surface area contributed by atoms with Gasteiger partial charge in [0.25, 0.3) is 0 Å². The van der Waals surface area contributed by atoms with Gasteiger partial charge in [-0.15, -0.1) is 0 Å². The number of aryl methyl sites for hydroxylation is 1. The summed E-state index contributed by atoms with van der Waals surface area (Å²) in [5, 5.41) is 9.76. The van der Waals surface area contributed by atoms with Crippen LogP contribution in [-0.2, 0) is 6.42 Å². The molecule has 1 aromatic heterocycles. The van der Waals surface area contributed by atoms with Gasteiger partial charge >= 0.3 is 0 Å². The quantitative estimate of drug-likeness (QED) is 0.745. The highest BCUT2D eigenvalue weighted by molar-refractivity contribution is 5.03. The molecule has 0 aliphatic carbocycles. The molecule has 0 amide bonds. The molecule has 0 fully saturated rings. The molecule has 0 bridgehead atoms. The third kappa shape index (κ3) is 4.40. The molecule has 0 radical (unpaired) electrons. The van der Waals surface area contributed by atoms with Crippen LogP contribution in [-0.4, -0.2) is 22.2 Å². The van der Waals surface area contributed by atoms with Gasteiger partial charge in [0.15, 0.2) is 0 Å². The number of nitrogens with two attached hydrogens (primary N) is 1. The minimum Gasteiger partial charge on any atom is -0.392 e. The zero-order chi connectivity index (χ0) is 11.1. The standard InChI is InChI=1S/C12H20N2O/c1-2-5-11(13)12(15)8-7-10-6-3-4-9-14-10/h3-4,6,9,11-12,15H,2,5,7-8,13H2,1H3. The van der Waals surface area contributed by atoms with Crippen molar-refractivity contribution in [3.05, 3.63) is 30.1 Å². The predicted octanol–water partition coefficient (Wildman–Crippen LogP) is 1.50. The van der Waals surface area contributed by atoms with Crippen molar-refractivity contribution >= 4 is 0 Å². The van der Waals surface area contributed by atoms with Crippen molar-refractivity contribution in [1.82, 2.24) is 4.98 Å². The molecule has 0 saturated carbocycles. The normalized spacial score (nSPS) is 14.9. The van der Waals surface area contributed by atoms with Crippen LogP contribution in [0.25, 0.3) is 0 Å². The summed E-state index contributed by atoms with van der Waals surface area (Å²) in [5.41, 5.74) is 6.84. The Balaban J connectivity index is 2.31. The molecule has 15 heavy (non-hydrogen) atoms. The maximum atomic E-state index is 9.76. The zero-order valence-electron chi connectivity index (χ0n) is 9.26. The molecular formula is C12H20N2O. The number of hydrogen-bond acceptors (Lipinski definition) is 3. The number of hydrogen-bond donors (Lipinski definition) is 2. The molecule has 1 aromatic rings. The Morgan fingerprint density at radius 1 is 1.40 bits per heavy atom. The first kappa shape index (κ1) is 12.1. The predicted molar refractivity (Wildman–Crippen MR) is 61.4 cm³/mol.